The molecule has 0 radical (unpaired) electrons. The highest BCUT2D eigenvalue weighted by molar-refractivity contribution is 5.68. The van der Waals surface area contributed by atoms with Crippen LogP contribution in [0.4, 0.5) is 4.79 Å². The lowest BCUT2D eigenvalue weighted by Gasteiger charge is -2.33. The monoisotopic (exact) mass is 500 g/mol. The zero-order valence-corrected chi connectivity index (χ0v) is 22.5. The number of nitrogens with one attached hydrogen (secondary N) is 1. The van der Waals surface area contributed by atoms with E-state index in [2.05, 4.69) is 53.9 Å². The van der Waals surface area contributed by atoms with Crippen molar-refractivity contribution < 1.29 is 9.53 Å². The van der Waals surface area contributed by atoms with Crippen molar-refractivity contribution in [2.45, 2.75) is 76.7 Å². The predicted molar refractivity (Wildman–Crippen MR) is 146 cm³/mol. The second-order valence-electron chi connectivity index (χ2n) is 10.9. The van der Waals surface area contributed by atoms with E-state index in [9.17, 15) is 4.79 Å². The maximum atomic E-state index is 12.0. The lowest BCUT2D eigenvalue weighted by molar-refractivity contribution is 0.0205. The van der Waals surface area contributed by atoms with Gasteiger partial charge in [0.2, 0.25) is 0 Å². The zero-order valence-electron chi connectivity index (χ0n) is 22.5. The molecule has 2 saturated heterocycles. The Kier molecular flexibility index (Phi) is 10.5. The van der Waals surface area contributed by atoms with Gasteiger partial charge in [0.25, 0.3) is 0 Å². The van der Waals surface area contributed by atoms with Gasteiger partial charge in [-0.2, -0.15) is 10.5 Å². The molecule has 2 fully saturated rings. The normalized spacial score (nSPS) is 16.6. The lowest BCUT2D eigenvalue weighted by atomic mass is 9.89. The third kappa shape index (κ3) is 9.23. The largest absolute Gasteiger partial charge is 0.444 e. The summed E-state index contributed by atoms with van der Waals surface area (Å²) in [5.74, 6) is 1.19. The van der Waals surface area contributed by atoms with Gasteiger partial charge in [0.1, 0.15) is 5.60 Å². The van der Waals surface area contributed by atoms with Gasteiger partial charge in [-0.15, -0.1) is 0 Å². The number of rotatable bonds is 4. The molecule has 0 unspecified atom stereocenters. The molecule has 0 aliphatic carbocycles. The molecule has 37 heavy (non-hydrogen) atoms. The van der Waals surface area contributed by atoms with E-state index in [1.165, 1.54) is 24.0 Å². The number of carbonyl (C=O) groups excluding carboxylic acids is 1. The van der Waals surface area contributed by atoms with E-state index in [1.807, 2.05) is 32.9 Å². The van der Waals surface area contributed by atoms with Crippen LogP contribution in [-0.4, -0.2) is 42.8 Å². The molecule has 0 aromatic heterocycles. The van der Waals surface area contributed by atoms with Crippen LogP contribution in [0.5, 0.6) is 0 Å². The Morgan fingerprint density at radius 2 is 1.27 bits per heavy atom. The SMILES string of the molecule is CC(C)(C)OC(=O)N1CCC(c2ccc(CC#N)cc2)CC1.N#CCc1ccc(C2CCNCC2)cc1. The second-order valence-corrected chi connectivity index (χ2v) is 10.9. The predicted octanol–water partition coefficient (Wildman–Crippen LogP) is 6.09. The second kappa shape index (κ2) is 13.8. The van der Waals surface area contributed by atoms with Crippen LogP contribution in [0.2, 0.25) is 0 Å². The first-order valence-electron chi connectivity index (χ1n) is 13.4. The van der Waals surface area contributed by atoms with E-state index in [1.54, 1.807) is 4.90 Å². The highest BCUT2D eigenvalue weighted by atomic mass is 16.6. The molecule has 0 bridgehead atoms. The van der Waals surface area contributed by atoms with Gasteiger partial charge >= 0.3 is 6.09 Å². The summed E-state index contributed by atoms with van der Waals surface area (Å²) >= 11 is 0. The van der Waals surface area contributed by atoms with Gasteiger partial charge < -0.3 is 15.0 Å². The highest BCUT2D eigenvalue weighted by Crippen LogP contribution is 2.29. The topological polar surface area (TPSA) is 89.2 Å². The van der Waals surface area contributed by atoms with E-state index in [4.69, 9.17) is 15.3 Å². The Balaban J connectivity index is 0.000000220. The summed E-state index contributed by atoms with van der Waals surface area (Å²) in [6.45, 7) is 9.40. The summed E-state index contributed by atoms with van der Waals surface area (Å²) in [6.07, 6.45) is 5.14. The van der Waals surface area contributed by atoms with Gasteiger partial charge in [0.05, 0.1) is 25.0 Å². The lowest BCUT2D eigenvalue weighted by Crippen LogP contribution is -2.41. The summed E-state index contributed by atoms with van der Waals surface area (Å²) in [7, 11) is 0. The molecule has 2 aliphatic heterocycles. The van der Waals surface area contributed by atoms with Crippen LogP contribution in [-0.2, 0) is 17.6 Å². The smallest absolute Gasteiger partial charge is 0.410 e. The van der Waals surface area contributed by atoms with Gasteiger partial charge in [0, 0.05) is 13.1 Å². The fraction of sp³-hybridized carbons (Fsp3) is 0.516. The van der Waals surface area contributed by atoms with Crippen molar-refractivity contribution in [3.63, 3.8) is 0 Å². The number of likely N-dealkylation sites (tertiary alicyclic amines) is 1. The summed E-state index contributed by atoms with van der Waals surface area (Å²) in [5, 5.41) is 20.7. The van der Waals surface area contributed by atoms with Crippen molar-refractivity contribution in [3.05, 3.63) is 70.8 Å². The number of ether oxygens (including phenoxy) is 1. The number of piperidine rings is 2. The van der Waals surface area contributed by atoms with Crippen LogP contribution in [0.3, 0.4) is 0 Å². The summed E-state index contributed by atoms with van der Waals surface area (Å²) < 4.78 is 5.42. The molecule has 4 rings (SSSR count). The summed E-state index contributed by atoms with van der Waals surface area (Å²) in [5.41, 5.74) is 4.46. The van der Waals surface area contributed by atoms with Gasteiger partial charge in [0.15, 0.2) is 0 Å². The van der Waals surface area contributed by atoms with E-state index < -0.39 is 5.60 Å². The number of nitrogens with zero attached hydrogens (tertiary/aromatic N) is 3. The quantitative estimate of drug-likeness (QED) is 0.549. The molecule has 2 heterocycles. The Hall–Kier alpha value is -3.35. The number of nitriles is 2. The van der Waals surface area contributed by atoms with Gasteiger partial charge in [-0.1, -0.05) is 48.5 Å². The Labute approximate surface area is 222 Å². The molecule has 0 saturated carbocycles. The van der Waals surface area contributed by atoms with Gasteiger partial charge in [-0.25, -0.2) is 4.79 Å². The molecular weight excluding hydrogens is 460 g/mol. The van der Waals surface area contributed by atoms with Crippen LogP contribution >= 0.6 is 0 Å². The van der Waals surface area contributed by atoms with E-state index >= 15 is 0 Å². The van der Waals surface area contributed by atoms with Crippen LogP contribution in [0.1, 0.15) is 80.5 Å². The van der Waals surface area contributed by atoms with Crippen molar-refractivity contribution in [2.75, 3.05) is 26.2 Å². The maximum Gasteiger partial charge on any atom is 0.410 e. The minimum absolute atomic E-state index is 0.213. The first-order valence-corrected chi connectivity index (χ1v) is 13.4. The van der Waals surface area contributed by atoms with E-state index in [0.717, 1.165) is 50.1 Å². The molecule has 2 aliphatic rings. The number of hydrogen-bond donors (Lipinski definition) is 1. The van der Waals surface area contributed by atoms with E-state index in [-0.39, 0.29) is 6.09 Å². The Morgan fingerprint density at radius 3 is 1.68 bits per heavy atom. The molecule has 0 spiro atoms. The molecule has 1 amide bonds. The van der Waals surface area contributed by atoms with Crippen LogP contribution in [0.25, 0.3) is 0 Å². The van der Waals surface area contributed by atoms with Crippen molar-refractivity contribution in [1.82, 2.24) is 10.2 Å². The molecule has 2 aromatic carbocycles. The average Bonchev–Trinajstić information content (AvgIpc) is 2.90. The Morgan fingerprint density at radius 1 is 0.838 bits per heavy atom. The number of benzene rings is 2. The molecule has 2 aromatic rings. The number of amides is 1. The average molecular weight is 501 g/mol. The minimum Gasteiger partial charge on any atom is -0.444 e. The number of hydrogen-bond acceptors (Lipinski definition) is 5. The van der Waals surface area contributed by atoms with Crippen molar-refractivity contribution >= 4 is 6.09 Å². The molecule has 196 valence electrons. The van der Waals surface area contributed by atoms with Crippen molar-refractivity contribution in [2.24, 2.45) is 0 Å². The van der Waals surface area contributed by atoms with Crippen molar-refractivity contribution in [3.8, 4) is 12.1 Å². The zero-order chi connectivity index (χ0) is 26.7. The minimum atomic E-state index is -0.440. The van der Waals surface area contributed by atoms with E-state index in [0.29, 0.717) is 24.7 Å². The summed E-state index contributed by atoms with van der Waals surface area (Å²) in [6, 6.07) is 21.1. The fourth-order valence-electron chi connectivity index (χ4n) is 4.88. The highest BCUT2D eigenvalue weighted by Gasteiger charge is 2.27. The van der Waals surface area contributed by atoms with Gasteiger partial charge in [-0.05, 0) is 93.6 Å². The molecule has 6 heteroatoms. The third-order valence-electron chi connectivity index (χ3n) is 6.95. The van der Waals surface area contributed by atoms with Crippen molar-refractivity contribution in [1.29, 1.82) is 10.5 Å². The van der Waals surface area contributed by atoms with Crippen LogP contribution in [0.15, 0.2) is 48.5 Å². The standard InChI is InChI=1S/C18H24N2O2.C13H16N2/c1-18(2,3)22-17(21)20-12-9-16(10-13-20)15-6-4-14(5-7-15)8-11-19;14-8-5-11-1-3-12(4-2-11)13-6-9-15-10-7-13/h4-7,16H,8-10,12-13H2,1-3H3;1-4,13,15H,5-7,9-10H2. The van der Waals surface area contributed by atoms with Gasteiger partial charge in [-0.3, -0.25) is 0 Å². The Bertz CT molecular complexity index is 1060. The third-order valence-corrected chi connectivity index (χ3v) is 6.95. The fourth-order valence-corrected chi connectivity index (χ4v) is 4.88. The molecule has 1 N–H and O–H groups in total. The first kappa shape index (κ1) is 28.2. The molecule has 6 nitrogen and oxygen atoms in total. The maximum absolute atomic E-state index is 12.0. The molecule has 0 atom stereocenters. The number of carbonyl (C=O) groups is 1. The first-order chi connectivity index (χ1) is 17.8. The van der Waals surface area contributed by atoms with Crippen LogP contribution < -0.4 is 5.32 Å². The van der Waals surface area contributed by atoms with Crippen LogP contribution in [0, 0.1) is 22.7 Å². The molecular formula is C31H40N4O2. The summed E-state index contributed by atoms with van der Waals surface area (Å²) in [4.78, 5) is 13.8.